The van der Waals surface area contributed by atoms with Crippen LogP contribution in [-0.2, 0) is 13.0 Å². The molecule has 0 amide bonds. The Labute approximate surface area is 169 Å². The zero-order valence-corrected chi connectivity index (χ0v) is 16.3. The maximum atomic E-state index is 5.44. The second kappa shape index (κ2) is 9.09. The van der Waals surface area contributed by atoms with Crippen molar-refractivity contribution in [2.45, 2.75) is 19.9 Å². The predicted molar refractivity (Wildman–Crippen MR) is 110 cm³/mol. The molecule has 1 aliphatic rings. The lowest BCUT2D eigenvalue weighted by Crippen LogP contribution is -2.38. The second-order valence-corrected chi connectivity index (χ2v) is 6.53. The van der Waals surface area contributed by atoms with Gasteiger partial charge >= 0.3 is 0 Å². The highest BCUT2D eigenvalue weighted by molar-refractivity contribution is 5.79. The minimum Gasteiger partial charge on any atom is -0.454 e. The minimum atomic E-state index is 0.297. The Morgan fingerprint density at radius 2 is 2.03 bits per heavy atom. The molecule has 8 nitrogen and oxygen atoms in total. The molecule has 0 fully saturated rings. The third kappa shape index (κ3) is 4.84. The molecule has 0 radical (unpaired) electrons. The highest BCUT2D eigenvalue weighted by atomic mass is 16.7. The maximum Gasteiger partial charge on any atom is 0.231 e. The van der Waals surface area contributed by atoms with E-state index in [0.29, 0.717) is 13.3 Å². The van der Waals surface area contributed by atoms with E-state index in [1.807, 2.05) is 36.5 Å². The molecule has 3 heterocycles. The van der Waals surface area contributed by atoms with Gasteiger partial charge in [-0.1, -0.05) is 6.07 Å². The van der Waals surface area contributed by atoms with Gasteiger partial charge in [-0.3, -0.25) is 0 Å². The van der Waals surface area contributed by atoms with Crippen molar-refractivity contribution in [1.29, 1.82) is 0 Å². The number of nitrogens with zero attached hydrogens (tertiary/aromatic N) is 4. The number of hydrogen-bond acceptors (Lipinski definition) is 5. The van der Waals surface area contributed by atoms with E-state index in [4.69, 9.17) is 9.47 Å². The van der Waals surface area contributed by atoms with E-state index in [0.717, 1.165) is 48.4 Å². The zero-order valence-electron chi connectivity index (χ0n) is 16.3. The van der Waals surface area contributed by atoms with Crippen LogP contribution in [0.15, 0.2) is 60.0 Å². The van der Waals surface area contributed by atoms with Crippen LogP contribution < -0.4 is 20.1 Å². The van der Waals surface area contributed by atoms with E-state index < -0.39 is 0 Å². The number of hydrogen-bond donors (Lipinski definition) is 2. The predicted octanol–water partition coefficient (Wildman–Crippen LogP) is 2.29. The van der Waals surface area contributed by atoms with Crippen molar-refractivity contribution >= 4 is 5.96 Å². The summed E-state index contributed by atoms with van der Waals surface area (Å²) in [7, 11) is 0. The van der Waals surface area contributed by atoms with Crippen LogP contribution in [0, 0.1) is 0 Å². The third-order valence-corrected chi connectivity index (χ3v) is 4.46. The summed E-state index contributed by atoms with van der Waals surface area (Å²) in [5, 5.41) is 10.9. The maximum absolute atomic E-state index is 5.44. The normalized spacial score (nSPS) is 12.8. The van der Waals surface area contributed by atoms with E-state index >= 15 is 0 Å². The molecule has 4 rings (SSSR count). The van der Waals surface area contributed by atoms with Gasteiger partial charge in [0.1, 0.15) is 0 Å². The van der Waals surface area contributed by atoms with Gasteiger partial charge in [0, 0.05) is 31.7 Å². The van der Waals surface area contributed by atoms with Crippen LogP contribution in [0.2, 0.25) is 0 Å². The molecular weight excluding hydrogens is 368 g/mol. The summed E-state index contributed by atoms with van der Waals surface area (Å²) in [5.74, 6) is 3.19. The van der Waals surface area contributed by atoms with E-state index in [1.54, 1.807) is 17.1 Å². The number of guanidine groups is 1. The number of aliphatic imine (C=N–C) groups is 1. The largest absolute Gasteiger partial charge is 0.454 e. The Bertz CT molecular complexity index is 971. The summed E-state index contributed by atoms with van der Waals surface area (Å²) in [6, 6.07) is 11.9. The summed E-state index contributed by atoms with van der Waals surface area (Å²) < 4.78 is 12.5. The molecule has 0 aliphatic carbocycles. The van der Waals surface area contributed by atoms with Gasteiger partial charge < -0.3 is 20.1 Å². The van der Waals surface area contributed by atoms with Crippen LogP contribution in [0.4, 0.5) is 0 Å². The first-order valence-electron chi connectivity index (χ1n) is 9.67. The van der Waals surface area contributed by atoms with Crippen molar-refractivity contribution in [2.75, 3.05) is 19.9 Å². The zero-order chi connectivity index (χ0) is 19.9. The molecule has 0 spiro atoms. The van der Waals surface area contributed by atoms with Gasteiger partial charge in [-0.2, -0.15) is 5.10 Å². The Balaban J connectivity index is 1.35. The van der Waals surface area contributed by atoms with Crippen LogP contribution in [0.5, 0.6) is 11.5 Å². The fourth-order valence-corrected chi connectivity index (χ4v) is 3.02. The van der Waals surface area contributed by atoms with Gasteiger partial charge in [-0.05, 0) is 54.8 Å². The lowest BCUT2D eigenvalue weighted by atomic mass is 10.1. The minimum absolute atomic E-state index is 0.297. The van der Waals surface area contributed by atoms with Crippen molar-refractivity contribution in [3.8, 4) is 17.3 Å². The average Bonchev–Trinajstić information content (AvgIpc) is 3.44. The van der Waals surface area contributed by atoms with Crippen molar-refractivity contribution < 1.29 is 9.47 Å². The summed E-state index contributed by atoms with van der Waals surface area (Å²) in [6.07, 6.45) is 6.25. The molecule has 0 bridgehead atoms. The van der Waals surface area contributed by atoms with E-state index in [9.17, 15) is 0 Å². The lowest BCUT2D eigenvalue weighted by Gasteiger charge is -2.12. The van der Waals surface area contributed by atoms with Gasteiger partial charge in [-0.15, -0.1) is 0 Å². The topological polar surface area (TPSA) is 85.6 Å². The summed E-state index contributed by atoms with van der Waals surface area (Å²) in [6.45, 7) is 4.46. The highest BCUT2D eigenvalue weighted by Crippen LogP contribution is 2.32. The number of ether oxygens (including phenoxy) is 2. The Hall–Kier alpha value is -3.55. The summed E-state index contributed by atoms with van der Waals surface area (Å²) in [5.41, 5.74) is 2.26. The van der Waals surface area contributed by atoms with Crippen LogP contribution in [-0.4, -0.2) is 40.6 Å². The standard InChI is InChI=1S/C21H24N6O2/c1-2-22-21(24-10-6-16-4-5-18-19(12-16)29-15-28-18)25-14-17-7-9-23-20(13-17)27-11-3-8-26-27/h3-5,7-9,11-13H,2,6,10,14-15H2,1H3,(H2,22,24,25). The Morgan fingerprint density at radius 1 is 1.10 bits per heavy atom. The first kappa shape index (κ1) is 18.8. The van der Waals surface area contributed by atoms with Crippen molar-refractivity contribution in [3.63, 3.8) is 0 Å². The smallest absolute Gasteiger partial charge is 0.231 e. The SMILES string of the molecule is CCNC(=NCc1ccnc(-n2cccn2)c1)NCCc1ccc2c(c1)OCO2. The second-order valence-electron chi connectivity index (χ2n) is 6.53. The first-order chi connectivity index (χ1) is 14.3. The van der Waals surface area contributed by atoms with Gasteiger partial charge in [0.15, 0.2) is 23.3 Å². The van der Waals surface area contributed by atoms with Crippen LogP contribution in [0.1, 0.15) is 18.1 Å². The highest BCUT2D eigenvalue weighted by Gasteiger charge is 2.13. The van der Waals surface area contributed by atoms with Crippen LogP contribution in [0.25, 0.3) is 5.82 Å². The van der Waals surface area contributed by atoms with Gasteiger partial charge in [-0.25, -0.2) is 14.7 Å². The quantitative estimate of drug-likeness (QED) is 0.474. The number of fused-ring (bicyclic) bond motifs is 1. The molecule has 0 atom stereocenters. The summed E-state index contributed by atoms with van der Waals surface area (Å²) in [4.78, 5) is 9.04. The van der Waals surface area contributed by atoms with Crippen molar-refractivity contribution in [3.05, 3.63) is 66.1 Å². The molecule has 1 aromatic carbocycles. The van der Waals surface area contributed by atoms with Crippen molar-refractivity contribution in [1.82, 2.24) is 25.4 Å². The number of pyridine rings is 1. The molecule has 2 N–H and O–H groups in total. The molecule has 150 valence electrons. The van der Waals surface area contributed by atoms with E-state index in [-0.39, 0.29) is 0 Å². The first-order valence-corrected chi connectivity index (χ1v) is 9.67. The monoisotopic (exact) mass is 392 g/mol. The number of aromatic nitrogens is 3. The molecule has 8 heteroatoms. The Morgan fingerprint density at radius 3 is 2.90 bits per heavy atom. The summed E-state index contributed by atoms with van der Waals surface area (Å²) >= 11 is 0. The number of nitrogens with one attached hydrogen (secondary N) is 2. The molecule has 0 unspecified atom stereocenters. The molecule has 2 aromatic heterocycles. The van der Waals surface area contributed by atoms with Gasteiger partial charge in [0.05, 0.1) is 6.54 Å². The van der Waals surface area contributed by atoms with E-state index in [2.05, 4.69) is 38.7 Å². The van der Waals surface area contributed by atoms with Gasteiger partial charge in [0.2, 0.25) is 6.79 Å². The Kier molecular flexibility index (Phi) is 5.89. The molecule has 0 saturated heterocycles. The van der Waals surface area contributed by atoms with Crippen LogP contribution >= 0.6 is 0 Å². The molecule has 1 aliphatic heterocycles. The number of benzene rings is 1. The molecule has 0 saturated carbocycles. The van der Waals surface area contributed by atoms with Crippen LogP contribution in [0.3, 0.4) is 0 Å². The molecule has 3 aromatic rings. The fourth-order valence-electron chi connectivity index (χ4n) is 3.02. The van der Waals surface area contributed by atoms with Crippen molar-refractivity contribution in [2.24, 2.45) is 4.99 Å². The fraction of sp³-hybridized carbons (Fsp3) is 0.286. The molecule has 29 heavy (non-hydrogen) atoms. The average molecular weight is 392 g/mol. The lowest BCUT2D eigenvalue weighted by molar-refractivity contribution is 0.174. The van der Waals surface area contributed by atoms with E-state index in [1.165, 1.54) is 5.56 Å². The van der Waals surface area contributed by atoms with Gasteiger partial charge in [0.25, 0.3) is 0 Å². The third-order valence-electron chi connectivity index (χ3n) is 4.46. The molecular formula is C21H24N6O2. The number of rotatable bonds is 7.